The van der Waals surface area contributed by atoms with Crippen LogP contribution in [0.2, 0.25) is 0 Å². The monoisotopic (exact) mass is 313 g/mol. The number of rotatable bonds is 4. The number of hydrogen-bond donors (Lipinski definition) is 1. The highest BCUT2D eigenvalue weighted by atomic mass is 16.5. The maximum Gasteiger partial charge on any atom is 0.274 e. The molecule has 5 heteroatoms. The number of nitrogens with zero attached hydrogens (tertiary/aromatic N) is 2. The second-order valence-electron chi connectivity index (χ2n) is 6.54. The van der Waals surface area contributed by atoms with E-state index in [1.165, 1.54) is 0 Å². The Kier molecular flexibility index (Phi) is 4.46. The first-order valence-electron chi connectivity index (χ1n) is 8.27. The molecule has 0 fully saturated rings. The predicted molar refractivity (Wildman–Crippen MR) is 87.2 cm³/mol. The van der Waals surface area contributed by atoms with Crippen LogP contribution in [0.1, 0.15) is 65.8 Å². The first-order valence-corrected chi connectivity index (χ1v) is 8.27. The molecule has 122 valence electrons. The number of pyridine rings is 1. The predicted octanol–water partition coefficient (Wildman–Crippen LogP) is 3.38. The van der Waals surface area contributed by atoms with Gasteiger partial charge in [0.25, 0.3) is 5.91 Å². The van der Waals surface area contributed by atoms with E-state index in [4.69, 9.17) is 4.52 Å². The third-order valence-corrected chi connectivity index (χ3v) is 4.46. The van der Waals surface area contributed by atoms with Gasteiger partial charge in [0.1, 0.15) is 5.76 Å². The molecule has 3 rings (SSSR count). The number of fused-ring (bicyclic) bond motifs is 1. The molecule has 0 radical (unpaired) electrons. The van der Waals surface area contributed by atoms with Gasteiger partial charge in [-0.15, -0.1) is 0 Å². The van der Waals surface area contributed by atoms with Gasteiger partial charge in [0.15, 0.2) is 5.69 Å². The number of nitrogens with one attached hydrogen (secondary N) is 1. The van der Waals surface area contributed by atoms with Crippen LogP contribution in [0.4, 0.5) is 0 Å². The lowest BCUT2D eigenvalue weighted by atomic mass is 9.95. The van der Waals surface area contributed by atoms with Crippen LogP contribution in [0.15, 0.2) is 22.9 Å². The maximum atomic E-state index is 12.7. The molecule has 0 spiro atoms. The lowest BCUT2D eigenvalue weighted by molar-refractivity contribution is 0.0914. The summed E-state index contributed by atoms with van der Waals surface area (Å²) >= 11 is 0. The Labute approximate surface area is 136 Å². The maximum absolute atomic E-state index is 12.7. The van der Waals surface area contributed by atoms with Gasteiger partial charge in [0.2, 0.25) is 0 Å². The van der Waals surface area contributed by atoms with E-state index in [0.717, 1.165) is 48.3 Å². The third kappa shape index (κ3) is 3.14. The molecule has 1 aliphatic rings. The van der Waals surface area contributed by atoms with E-state index >= 15 is 0 Å². The van der Waals surface area contributed by atoms with Gasteiger partial charge in [0.05, 0.1) is 11.7 Å². The van der Waals surface area contributed by atoms with Crippen molar-refractivity contribution in [2.75, 3.05) is 0 Å². The van der Waals surface area contributed by atoms with Gasteiger partial charge in [-0.05, 0) is 43.7 Å². The standard InChI is InChI=1S/C18H23N3O2/c1-11(2)15(16-12(3)7-6-10-19-16)20-18(22)17-13-8-4-5-9-14(13)23-21-17/h6-7,10-11,15H,4-5,8-9H2,1-3H3,(H,20,22)/t15-/m1/s1. The van der Waals surface area contributed by atoms with Gasteiger partial charge in [-0.3, -0.25) is 9.78 Å². The molecular formula is C18H23N3O2. The fraction of sp³-hybridized carbons (Fsp3) is 0.500. The van der Waals surface area contributed by atoms with E-state index in [1.807, 2.05) is 19.1 Å². The van der Waals surface area contributed by atoms with Gasteiger partial charge in [0, 0.05) is 18.2 Å². The summed E-state index contributed by atoms with van der Waals surface area (Å²) < 4.78 is 5.35. The molecule has 1 atom stereocenters. The van der Waals surface area contributed by atoms with Crippen molar-refractivity contribution in [1.82, 2.24) is 15.5 Å². The molecule has 2 aromatic rings. The molecule has 1 N–H and O–H groups in total. The van der Waals surface area contributed by atoms with Gasteiger partial charge < -0.3 is 9.84 Å². The van der Waals surface area contributed by atoms with Gasteiger partial charge in [-0.1, -0.05) is 25.1 Å². The molecule has 1 amide bonds. The fourth-order valence-corrected chi connectivity index (χ4v) is 3.15. The molecule has 5 nitrogen and oxygen atoms in total. The SMILES string of the molecule is Cc1cccnc1[C@H](NC(=O)c1noc2c1CCCC2)C(C)C. The fourth-order valence-electron chi connectivity index (χ4n) is 3.15. The molecule has 0 bridgehead atoms. The highest BCUT2D eigenvalue weighted by Gasteiger charge is 2.27. The average molecular weight is 313 g/mol. The number of hydrogen-bond acceptors (Lipinski definition) is 4. The highest BCUT2D eigenvalue weighted by molar-refractivity contribution is 5.94. The zero-order valence-corrected chi connectivity index (χ0v) is 13.9. The van der Waals surface area contributed by atoms with Crippen molar-refractivity contribution < 1.29 is 9.32 Å². The first kappa shape index (κ1) is 15.7. The summed E-state index contributed by atoms with van der Waals surface area (Å²) in [6.07, 6.45) is 5.70. The van der Waals surface area contributed by atoms with Crippen molar-refractivity contribution in [2.24, 2.45) is 5.92 Å². The zero-order chi connectivity index (χ0) is 16.4. The Hall–Kier alpha value is -2.17. The van der Waals surface area contributed by atoms with Crippen molar-refractivity contribution >= 4 is 5.91 Å². The molecule has 23 heavy (non-hydrogen) atoms. The van der Waals surface area contributed by atoms with Crippen LogP contribution in [0.3, 0.4) is 0 Å². The van der Waals surface area contributed by atoms with Crippen molar-refractivity contribution in [2.45, 2.75) is 52.5 Å². The summed E-state index contributed by atoms with van der Waals surface area (Å²) in [6.45, 7) is 6.18. The molecule has 0 unspecified atom stereocenters. The van der Waals surface area contributed by atoms with Crippen LogP contribution in [-0.4, -0.2) is 16.0 Å². The molecule has 0 aromatic carbocycles. The van der Waals surface area contributed by atoms with E-state index < -0.39 is 0 Å². The number of carbonyl (C=O) groups is 1. The minimum atomic E-state index is -0.166. The summed E-state index contributed by atoms with van der Waals surface area (Å²) in [4.78, 5) is 17.2. The molecule has 1 aliphatic carbocycles. The van der Waals surface area contributed by atoms with Crippen LogP contribution in [-0.2, 0) is 12.8 Å². The van der Waals surface area contributed by atoms with Gasteiger partial charge in [-0.2, -0.15) is 0 Å². The summed E-state index contributed by atoms with van der Waals surface area (Å²) in [7, 11) is 0. The van der Waals surface area contributed by atoms with Gasteiger partial charge >= 0.3 is 0 Å². The summed E-state index contributed by atoms with van der Waals surface area (Å²) in [5.41, 5.74) is 3.41. The Morgan fingerprint density at radius 3 is 2.83 bits per heavy atom. The van der Waals surface area contributed by atoms with Gasteiger partial charge in [-0.25, -0.2) is 0 Å². The second-order valence-corrected chi connectivity index (χ2v) is 6.54. The van der Waals surface area contributed by atoms with E-state index in [0.29, 0.717) is 5.69 Å². The highest BCUT2D eigenvalue weighted by Crippen LogP contribution is 2.26. The lowest BCUT2D eigenvalue weighted by Crippen LogP contribution is -2.33. The quantitative estimate of drug-likeness (QED) is 0.939. The Bertz CT molecular complexity index is 706. The average Bonchev–Trinajstić information content (AvgIpc) is 2.97. The van der Waals surface area contributed by atoms with E-state index in [2.05, 4.69) is 29.3 Å². The Balaban J connectivity index is 1.85. The first-order chi connectivity index (χ1) is 11.1. The summed E-state index contributed by atoms with van der Waals surface area (Å²) in [5, 5.41) is 7.12. The van der Waals surface area contributed by atoms with Crippen molar-refractivity contribution in [3.8, 4) is 0 Å². The molecule has 0 aliphatic heterocycles. The van der Waals surface area contributed by atoms with E-state index in [1.54, 1.807) is 6.20 Å². The smallest absolute Gasteiger partial charge is 0.274 e. The minimum Gasteiger partial charge on any atom is -0.360 e. The van der Waals surface area contributed by atoms with Crippen LogP contribution in [0.25, 0.3) is 0 Å². The number of aromatic nitrogens is 2. The largest absolute Gasteiger partial charge is 0.360 e. The van der Waals surface area contributed by atoms with Crippen molar-refractivity contribution in [3.05, 3.63) is 46.6 Å². The molecule has 0 saturated heterocycles. The Morgan fingerprint density at radius 1 is 1.30 bits per heavy atom. The summed E-state index contributed by atoms with van der Waals surface area (Å²) in [6, 6.07) is 3.79. The van der Waals surface area contributed by atoms with Crippen LogP contribution in [0, 0.1) is 12.8 Å². The van der Waals surface area contributed by atoms with E-state index in [9.17, 15) is 4.79 Å². The normalized spacial score (nSPS) is 15.3. The molecule has 2 heterocycles. The number of amides is 1. The van der Waals surface area contributed by atoms with E-state index in [-0.39, 0.29) is 17.9 Å². The summed E-state index contributed by atoms with van der Waals surface area (Å²) in [5.74, 6) is 0.937. The topological polar surface area (TPSA) is 68.0 Å². The zero-order valence-electron chi connectivity index (χ0n) is 13.9. The van der Waals surface area contributed by atoms with Crippen LogP contribution >= 0.6 is 0 Å². The Morgan fingerprint density at radius 2 is 2.09 bits per heavy atom. The van der Waals surface area contributed by atoms with Crippen LogP contribution < -0.4 is 5.32 Å². The van der Waals surface area contributed by atoms with Crippen LogP contribution in [0.5, 0.6) is 0 Å². The minimum absolute atomic E-state index is 0.139. The lowest BCUT2D eigenvalue weighted by Gasteiger charge is -2.23. The number of carbonyl (C=O) groups excluding carboxylic acids is 1. The number of aryl methyl sites for hydroxylation is 2. The van der Waals surface area contributed by atoms with Crippen molar-refractivity contribution in [3.63, 3.8) is 0 Å². The molecular weight excluding hydrogens is 290 g/mol. The second kappa shape index (κ2) is 6.52. The molecule has 0 saturated carbocycles. The van der Waals surface area contributed by atoms with Crippen molar-refractivity contribution in [1.29, 1.82) is 0 Å². The molecule has 2 aromatic heterocycles. The third-order valence-electron chi connectivity index (χ3n) is 4.46.